The molecule has 0 aliphatic rings. The molecule has 0 saturated carbocycles. The molecule has 1 aromatic rings. The summed E-state index contributed by atoms with van der Waals surface area (Å²) < 4.78 is 1.55. The van der Waals surface area contributed by atoms with Crippen molar-refractivity contribution in [2.75, 3.05) is 26.2 Å². The van der Waals surface area contributed by atoms with Gasteiger partial charge in [0.2, 0.25) is 0 Å². The third-order valence-electron chi connectivity index (χ3n) is 3.02. The first-order chi connectivity index (χ1) is 8.58. The predicted octanol–water partition coefficient (Wildman–Crippen LogP) is 4.44. The van der Waals surface area contributed by atoms with Crippen LogP contribution in [0.5, 0.6) is 0 Å². The number of likely N-dealkylation sites (N-methyl/N-ethyl adjacent to an activating group) is 1. The molecule has 5 heteroatoms. The monoisotopic (exact) mass is 308 g/mol. The first-order valence-electron chi connectivity index (χ1n) is 6.48. The van der Waals surface area contributed by atoms with Crippen LogP contribution >= 0.6 is 34.5 Å². The second kappa shape index (κ2) is 8.39. The van der Waals surface area contributed by atoms with E-state index in [2.05, 4.69) is 31.0 Å². The minimum atomic E-state index is 0.251. The fourth-order valence-corrected chi connectivity index (χ4v) is 3.59. The number of hydrogen-bond acceptors (Lipinski definition) is 3. The molecule has 1 rings (SSSR count). The number of nitrogens with zero attached hydrogens (tertiary/aromatic N) is 1. The number of hydrogen-bond donors (Lipinski definition) is 1. The summed E-state index contributed by atoms with van der Waals surface area (Å²) in [4.78, 5) is 2.45. The Bertz CT molecular complexity index is 355. The van der Waals surface area contributed by atoms with Crippen molar-refractivity contribution < 1.29 is 0 Å². The van der Waals surface area contributed by atoms with Crippen molar-refractivity contribution in [2.45, 2.75) is 33.2 Å². The summed E-state index contributed by atoms with van der Waals surface area (Å²) in [5.41, 5.74) is 1.10. The van der Waals surface area contributed by atoms with E-state index in [1.54, 1.807) is 0 Å². The molecule has 0 amide bonds. The summed E-state index contributed by atoms with van der Waals surface area (Å²) in [5, 5.41) is 3.50. The summed E-state index contributed by atoms with van der Waals surface area (Å²) in [6.07, 6.45) is 1.20. The molecule has 0 fully saturated rings. The van der Waals surface area contributed by atoms with Crippen molar-refractivity contribution in [3.05, 3.63) is 20.3 Å². The Hall–Kier alpha value is 0.200. The fraction of sp³-hybridized carbons (Fsp3) is 0.692. The molecule has 18 heavy (non-hydrogen) atoms. The molecule has 0 radical (unpaired) electrons. The van der Waals surface area contributed by atoms with Gasteiger partial charge in [0.1, 0.15) is 0 Å². The molecule has 1 heterocycles. The van der Waals surface area contributed by atoms with E-state index in [9.17, 15) is 0 Å². The van der Waals surface area contributed by atoms with E-state index in [4.69, 9.17) is 23.2 Å². The topological polar surface area (TPSA) is 15.3 Å². The van der Waals surface area contributed by atoms with Crippen LogP contribution in [0.4, 0.5) is 0 Å². The molecular formula is C13H22Cl2N2S. The van der Waals surface area contributed by atoms with Crippen LogP contribution in [0.2, 0.25) is 8.67 Å². The highest BCUT2D eigenvalue weighted by molar-refractivity contribution is 7.20. The van der Waals surface area contributed by atoms with Crippen LogP contribution in [0.1, 0.15) is 38.8 Å². The minimum Gasteiger partial charge on any atom is -0.309 e. The van der Waals surface area contributed by atoms with Crippen molar-refractivity contribution in [3.8, 4) is 0 Å². The lowest BCUT2D eigenvalue weighted by Crippen LogP contribution is -2.33. The van der Waals surface area contributed by atoms with E-state index in [-0.39, 0.29) is 6.04 Å². The maximum Gasteiger partial charge on any atom is 0.0991 e. The van der Waals surface area contributed by atoms with Gasteiger partial charge in [0.15, 0.2) is 0 Å². The lowest BCUT2D eigenvalue weighted by molar-refractivity contribution is 0.284. The SMILES string of the molecule is CCCN(CC)CCNC(C)c1cc(Cl)sc1Cl. The van der Waals surface area contributed by atoms with Gasteiger partial charge in [-0.2, -0.15) is 0 Å². The molecule has 1 N–H and O–H groups in total. The maximum atomic E-state index is 6.14. The quantitative estimate of drug-likeness (QED) is 0.764. The van der Waals surface area contributed by atoms with Crippen molar-refractivity contribution in [2.24, 2.45) is 0 Å². The Morgan fingerprint density at radius 2 is 2.06 bits per heavy atom. The van der Waals surface area contributed by atoms with Gasteiger partial charge in [-0.15, -0.1) is 11.3 Å². The Kier molecular flexibility index (Phi) is 7.57. The van der Waals surface area contributed by atoms with Crippen molar-refractivity contribution in [3.63, 3.8) is 0 Å². The summed E-state index contributed by atoms with van der Waals surface area (Å²) in [7, 11) is 0. The van der Waals surface area contributed by atoms with Gasteiger partial charge in [0.25, 0.3) is 0 Å². The van der Waals surface area contributed by atoms with Gasteiger partial charge < -0.3 is 10.2 Å². The van der Waals surface area contributed by atoms with E-state index in [0.29, 0.717) is 0 Å². The molecular weight excluding hydrogens is 287 g/mol. The highest BCUT2D eigenvalue weighted by Gasteiger charge is 2.12. The summed E-state index contributed by atoms with van der Waals surface area (Å²) in [5.74, 6) is 0. The molecule has 1 atom stereocenters. The van der Waals surface area contributed by atoms with Crippen LogP contribution in [0.3, 0.4) is 0 Å². The van der Waals surface area contributed by atoms with Gasteiger partial charge in [0, 0.05) is 19.1 Å². The molecule has 0 saturated heterocycles. The van der Waals surface area contributed by atoms with Gasteiger partial charge in [-0.05, 0) is 38.1 Å². The average molecular weight is 309 g/mol. The van der Waals surface area contributed by atoms with Crippen molar-refractivity contribution in [1.82, 2.24) is 10.2 Å². The van der Waals surface area contributed by atoms with Gasteiger partial charge in [-0.25, -0.2) is 0 Å². The van der Waals surface area contributed by atoms with Crippen LogP contribution in [-0.4, -0.2) is 31.1 Å². The standard InChI is InChI=1S/C13H22Cl2N2S/c1-4-7-17(5-2)8-6-16-10(3)11-9-12(14)18-13(11)15/h9-10,16H,4-8H2,1-3H3. The Morgan fingerprint density at radius 1 is 1.33 bits per heavy atom. The minimum absolute atomic E-state index is 0.251. The van der Waals surface area contributed by atoms with Gasteiger partial charge in [0.05, 0.1) is 8.67 Å². The fourth-order valence-electron chi connectivity index (χ4n) is 1.94. The van der Waals surface area contributed by atoms with E-state index in [1.165, 1.54) is 17.8 Å². The summed E-state index contributed by atoms with van der Waals surface area (Å²) in [6, 6.07) is 2.21. The van der Waals surface area contributed by atoms with E-state index >= 15 is 0 Å². The second-order valence-electron chi connectivity index (χ2n) is 4.39. The van der Waals surface area contributed by atoms with Gasteiger partial charge >= 0.3 is 0 Å². The highest BCUT2D eigenvalue weighted by Crippen LogP contribution is 2.34. The molecule has 2 nitrogen and oxygen atoms in total. The zero-order valence-corrected chi connectivity index (χ0v) is 13.6. The van der Waals surface area contributed by atoms with Crippen molar-refractivity contribution in [1.29, 1.82) is 0 Å². The number of thiophene rings is 1. The first kappa shape index (κ1) is 16.3. The normalized spacial score (nSPS) is 13.2. The Balaban J connectivity index is 2.37. The largest absolute Gasteiger partial charge is 0.309 e. The molecule has 104 valence electrons. The third kappa shape index (κ3) is 5.06. The zero-order chi connectivity index (χ0) is 13.5. The summed E-state index contributed by atoms with van der Waals surface area (Å²) >= 11 is 13.5. The second-order valence-corrected chi connectivity index (χ2v) is 6.68. The van der Waals surface area contributed by atoms with Crippen LogP contribution < -0.4 is 5.32 Å². The van der Waals surface area contributed by atoms with Crippen LogP contribution in [0, 0.1) is 0 Å². The molecule has 0 bridgehead atoms. The van der Waals surface area contributed by atoms with E-state index in [0.717, 1.165) is 40.4 Å². The Labute approximate surface area is 124 Å². The lowest BCUT2D eigenvalue weighted by atomic mass is 10.2. The lowest BCUT2D eigenvalue weighted by Gasteiger charge is -2.21. The smallest absolute Gasteiger partial charge is 0.0991 e. The van der Waals surface area contributed by atoms with Crippen LogP contribution in [0.15, 0.2) is 6.07 Å². The summed E-state index contributed by atoms with van der Waals surface area (Å²) in [6.45, 7) is 10.9. The predicted molar refractivity (Wildman–Crippen MR) is 83.2 cm³/mol. The Morgan fingerprint density at radius 3 is 2.56 bits per heavy atom. The zero-order valence-electron chi connectivity index (χ0n) is 11.3. The first-order valence-corrected chi connectivity index (χ1v) is 8.06. The van der Waals surface area contributed by atoms with Crippen LogP contribution in [-0.2, 0) is 0 Å². The van der Waals surface area contributed by atoms with Crippen LogP contribution in [0.25, 0.3) is 0 Å². The highest BCUT2D eigenvalue weighted by atomic mass is 35.5. The molecule has 0 aromatic carbocycles. The number of halogens is 2. The number of rotatable bonds is 8. The molecule has 0 aliphatic heterocycles. The maximum absolute atomic E-state index is 6.14. The average Bonchev–Trinajstić information content (AvgIpc) is 2.67. The number of nitrogens with one attached hydrogen (secondary N) is 1. The molecule has 1 unspecified atom stereocenters. The molecule has 1 aromatic heterocycles. The van der Waals surface area contributed by atoms with Gasteiger partial charge in [-0.1, -0.05) is 37.0 Å². The van der Waals surface area contributed by atoms with E-state index < -0.39 is 0 Å². The van der Waals surface area contributed by atoms with Crippen molar-refractivity contribution >= 4 is 34.5 Å². The van der Waals surface area contributed by atoms with E-state index in [1.807, 2.05) is 6.07 Å². The molecule has 0 spiro atoms. The third-order valence-corrected chi connectivity index (χ3v) is 4.53. The van der Waals surface area contributed by atoms with Gasteiger partial charge in [-0.3, -0.25) is 0 Å². The molecule has 0 aliphatic carbocycles.